The lowest BCUT2D eigenvalue weighted by Crippen LogP contribution is -2.07. The van der Waals surface area contributed by atoms with Gasteiger partial charge in [-0.15, -0.1) is 10.2 Å². The third kappa shape index (κ3) is 2.85. The number of carbonyl (C=O) groups is 1. The van der Waals surface area contributed by atoms with E-state index in [4.69, 9.17) is 4.42 Å². The zero-order chi connectivity index (χ0) is 12.3. The summed E-state index contributed by atoms with van der Waals surface area (Å²) < 4.78 is 5.16. The molecule has 1 atom stereocenters. The summed E-state index contributed by atoms with van der Waals surface area (Å²) >= 11 is 1.03. The maximum Gasteiger partial charge on any atom is 0.321 e. The lowest BCUT2D eigenvalue weighted by Gasteiger charge is -2.08. The molecule has 0 saturated carbocycles. The molecular formula is C11H10N2O3S. The summed E-state index contributed by atoms with van der Waals surface area (Å²) in [5, 5.41) is 16.1. The van der Waals surface area contributed by atoms with Crippen LogP contribution in [0.15, 0.2) is 40.0 Å². The first-order valence-electron chi connectivity index (χ1n) is 4.91. The maximum atomic E-state index is 11.2. The van der Waals surface area contributed by atoms with Gasteiger partial charge in [-0.25, -0.2) is 0 Å². The summed E-state index contributed by atoms with van der Waals surface area (Å²) in [6, 6.07) is 8.95. The minimum Gasteiger partial charge on any atom is -0.480 e. The predicted octanol–water partition coefficient (Wildman–Crippen LogP) is 2.30. The van der Waals surface area contributed by atoms with Gasteiger partial charge in [-0.2, -0.15) is 0 Å². The van der Waals surface area contributed by atoms with Gasteiger partial charge in [-0.05, 0) is 17.3 Å². The van der Waals surface area contributed by atoms with Crippen molar-refractivity contribution in [3.63, 3.8) is 0 Å². The highest BCUT2D eigenvalue weighted by atomic mass is 32.2. The van der Waals surface area contributed by atoms with Crippen LogP contribution in [0.25, 0.3) is 0 Å². The number of aliphatic carboxylic acids is 1. The summed E-state index contributed by atoms with van der Waals surface area (Å²) in [4.78, 5) is 11.2. The minimum absolute atomic E-state index is 0.263. The van der Waals surface area contributed by atoms with Gasteiger partial charge >= 0.3 is 5.97 Å². The molecule has 5 nitrogen and oxygen atoms in total. The van der Waals surface area contributed by atoms with Crippen molar-refractivity contribution in [1.82, 2.24) is 10.2 Å². The first kappa shape index (κ1) is 11.7. The highest BCUT2D eigenvalue weighted by Gasteiger charge is 2.23. The van der Waals surface area contributed by atoms with Crippen LogP contribution in [0, 0.1) is 6.92 Å². The Labute approximate surface area is 102 Å². The van der Waals surface area contributed by atoms with E-state index in [1.54, 1.807) is 31.2 Å². The van der Waals surface area contributed by atoms with E-state index in [0.29, 0.717) is 11.5 Å². The van der Waals surface area contributed by atoms with Crippen LogP contribution in [-0.2, 0) is 4.79 Å². The minimum atomic E-state index is -0.933. The largest absolute Gasteiger partial charge is 0.480 e. The fraction of sp³-hybridized carbons (Fsp3) is 0.182. The molecule has 0 amide bonds. The van der Waals surface area contributed by atoms with Gasteiger partial charge in [0.15, 0.2) is 0 Å². The number of aryl methyl sites for hydroxylation is 1. The van der Waals surface area contributed by atoms with Gasteiger partial charge in [-0.3, -0.25) is 4.79 Å². The molecule has 6 heteroatoms. The molecule has 1 unspecified atom stereocenters. The molecule has 1 heterocycles. The number of thioether (sulfide) groups is 1. The second kappa shape index (κ2) is 5.01. The van der Waals surface area contributed by atoms with Crippen LogP contribution < -0.4 is 0 Å². The highest BCUT2D eigenvalue weighted by Crippen LogP contribution is 2.34. The molecule has 0 aliphatic rings. The van der Waals surface area contributed by atoms with Crippen LogP contribution in [0.3, 0.4) is 0 Å². The van der Waals surface area contributed by atoms with Gasteiger partial charge < -0.3 is 9.52 Å². The van der Waals surface area contributed by atoms with Crippen LogP contribution in [0.5, 0.6) is 0 Å². The second-order valence-electron chi connectivity index (χ2n) is 3.33. The molecule has 0 bridgehead atoms. The number of aromatic nitrogens is 2. The van der Waals surface area contributed by atoms with Gasteiger partial charge in [0, 0.05) is 6.92 Å². The Morgan fingerprint density at radius 3 is 2.59 bits per heavy atom. The molecule has 0 aliphatic heterocycles. The van der Waals surface area contributed by atoms with E-state index in [-0.39, 0.29) is 5.22 Å². The Kier molecular flexibility index (Phi) is 3.43. The summed E-state index contributed by atoms with van der Waals surface area (Å²) in [5.41, 5.74) is 0.695. The average molecular weight is 250 g/mol. The second-order valence-corrected chi connectivity index (χ2v) is 4.39. The zero-order valence-corrected chi connectivity index (χ0v) is 9.85. The Morgan fingerprint density at radius 1 is 1.35 bits per heavy atom. The Balaban J connectivity index is 2.22. The van der Waals surface area contributed by atoms with Crippen molar-refractivity contribution in [3.05, 3.63) is 41.8 Å². The third-order valence-electron chi connectivity index (χ3n) is 2.05. The Morgan fingerprint density at radius 2 is 2.06 bits per heavy atom. The van der Waals surface area contributed by atoms with Crippen molar-refractivity contribution in [1.29, 1.82) is 0 Å². The molecule has 17 heavy (non-hydrogen) atoms. The highest BCUT2D eigenvalue weighted by molar-refractivity contribution is 8.00. The third-order valence-corrected chi connectivity index (χ3v) is 3.13. The Hall–Kier alpha value is -1.82. The van der Waals surface area contributed by atoms with Gasteiger partial charge in [0.1, 0.15) is 5.25 Å². The normalized spacial score (nSPS) is 12.3. The van der Waals surface area contributed by atoms with Crippen LogP contribution in [0.4, 0.5) is 0 Å². The molecule has 88 valence electrons. The fourth-order valence-electron chi connectivity index (χ4n) is 1.32. The zero-order valence-electron chi connectivity index (χ0n) is 9.03. The molecule has 0 radical (unpaired) electrons. The van der Waals surface area contributed by atoms with Gasteiger partial charge in [0.05, 0.1) is 0 Å². The van der Waals surface area contributed by atoms with Crippen molar-refractivity contribution >= 4 is 17.7 Å². The number of hydrogen-bond donors (Lipinski definition) is 1. The Bertz CT molecular complexity index is 512. The molecule has 0 saturated heterocycles. The first-order valence-corrected chi connectivity index (χ1v) is 5.79. The van der Waals surface area contributed by atoms with Crippen molar-refractivity contribution in [3.8, 4) is 0 Å². The number of carboxylic acids is 1. The van der Waals surface area contributed by atoms with Gasteiger partial charge in [0.2, 0.25) is 5.89 Å². The molecule has 1 aromatic heterocycles. The topological polar surface area (TPSA) is 76.2 Å². The summed E-state index contributed by atoms with van der Waals surface area (Å²) in [6.45, 7) is 1.66. The number of rotatable bonds is 4. The molecular weight excluding hydrogens is 240 g/mol. The van der Waals surface area contributed by atoms with E-state index >= 15 is 0 Å². The maximum absolute atomic E-state index is 11.2. The first-order chi connectivity index (χ1) is 8.16. The van der Waals surface area contributed by atoms with Crippen LogP contribution in [0.1, 0.15) is 16.7 Å². The van der Waals surface area contributed by atoms with E-state index in [9.17, 15) is 9.90 Å². The lowest BCUT2D eigenvalue weighted by molar-refractivity contribution is -0.136. The SMILES string of the molecule is Cc1nnc(SC(C(=O)O)c2ccccc2)o1. The number of benzene rings is 1. The average Bonchev–Trinajstić information content (AvgIpc) is 2.73. The smallest absolute Gasteiger partial charge is 0.321 e. The van der Waals surface area contributed by atoms with Crippen molar-refractivity contribution < 1.29 is 14.3 Å². The predicted molar refractivity (Wildman–Crippen MR) is 61.7 cm³/mol. The van der Waals surface area contributed by atoms with E-state index in [2.05, 4.69) is 10.2 Å². The number of hydrogen-bond acceptors (Lipinski definition) is 5. The summed E-state index contributed by atoms with van der Waals surface area (Å²) in [7, 11) is 0. The van der Waals surface area contributed by atoms with E-state index in [0.717, 1.165) is 11.8 Å². The van der Waals surface area contributed by atoms with Crippen LogP contribution in [-0.4, -0.2) is 21.3 Å². The summed E-state index contributed by atoms with van der Waals surface area (Å²) in [5.74, 6) is -0.512. The molecule has 0 spiro atoms. The number of nitrogens with zero attached hydrogens (tertiary/aromatic N) is 2. The monoisotopic (exact) mass is 250 g/mol. The molecule has 0 aliphatic carbocycles. The van der Waals surface area contributed by atoms with Crippen LogP contribution >= 0.6 is 11.8 Å². The summed E-state index contributed by atoms with van der Waals surface area (Å²) in [6.07, 6.45) is 0. The van der Waals surface area contributed by atoms with E-state index in [1.807, 2.05) is 6.07 Å². The molecule has 2 rings (SSSR count). The lowest BCUT2D eigenvalue weighted by atomic mass is 10.1. The number of carboxylic acid groups (broad SMARTS) is 1. The van der Waals surface area contributed by atoms with Crippen molar-refractivity contribution in [2.75, 3.05) is 0 Å². The van der Waals surface area contributed by atoms with Crippen molar-refractivity contribution in [2.45, 2.75) is 17.4 Å². The quantitative estimate of drug-likeness (QED) is 0.839. The van der Waals surface area contributed by atoms with Crippen LogP contribution in [0.2, 0.25) is 0 Å². The molecule has 1 aromatic carbocycles. The van der Waals surface area contributed by atoms with E-state index < -0.39 is 11.2 Å². The molecule has 0 fully saturated rings. The molecule has 2 aromatic rings. The van der Waals surface area contributed by atoms with Gasteiger partial charge in [-0.1, -0.05) is 30.3 Å². The molecule has 1 N–H and O–H groups in total. The van der Waals surface area contributed by atoms with Gasteiger partial charge in [0.25, 0.3) is 5.22 Å². The fourth-order valence-corrected chi connectivity index (χ4v) is 2.17. The standard InChI is InChI=1S/C11H10N2O3S/c1-7-12-13-11(16-7)17-9(10(14)15)8-5-3-2-4-6-8/h2-6,9H,1H3,(H,14,15). The van der Waals surface area contributed by atoms with E-state index in [1.165, 1.54) is 0 Å². The van der Waals surface area contributed by atoms with Crippen molar-refractivity contribution in [2.24, 2.45) is 0 Å².